The van der Waals surface area contributed by atoms with Crippen molar-refractivity contribution in [1.82, 2.24) is 9.78 Å². The number of methoxy groups -OCH3 is 2. The first-order valence-corrected chi connectivity index (χ1v) is 9.24. The van der Waals surface area contributed by atoms with E-state index in [1.165, 1.54) is 18.9 Å². The Hall–Kier alpha value is -2.39. The van der Waals surface area contributed by atoms with Gasteiger partial charge < -0.3 is 9.47 Å². The number of hydrogen-bond acceptors (Lipinski definition) is 5. The molecule has 0 radical (unpaired) electrons. The molecule has 0 unspecified atom stereocenters. The zero-order valence-corrected chi connectivity index (χ0v) is 17.3. The third kappa shape index (κ3) is 3.70. The summed E-state index contributed by atoms with van der Waals surface area (Å²) in [4.78, 5) is 25.1. The monoisotopic (exact) mass is 496 g/mol. The molecular weight excluding hydrogens is 483 g/mol. The number of para-hydroxylation sites is 1. The van der Waals surface area contributed by atoms with Gasteiger partial charge in [0.25, 0.3) is 0 Å². The van der Waals surface area contributed by atoms with E-state index < -0.39 is 11.9 Å². The summed E-state index contributed by atoms with van der Waals surface area (Å²) in [6.07, 6.45) is 0. The molecule has 0 fully saturated rings. The second-order valence-corrected chi connectivity index (χ2v) is 7.08. The lowest BCUT2D eigenvalue weighted by atomic mass is 10.1. The van der Waals surface area contributed by atoms with Gasteiger partial charge in [-0.3, -0.25) is 0 Å². The van der Waals surface area contributed by atoms with Crippen LogP contribution in [0.3, 0.4) is 0 Å². The van der Waals surface area contributed by atoms with Gasteiger partial charge in [-0.05, 0) is 46.9 Å². The average Bonchev–Trinajstić information content (AvgIpc) is 3.07. The summed E-state index contributed by atoms with van der Waals surface area (Å²) in [5, 5.41) is 4.91. The number of ether oxygens (including phenoxy) is 2. The van der Waals surface area contributed by atoms with Crippen LogP contribution in [0.5, 0.6) is 0 Å². The SMILES string of the molecule is COC(=O)c1c(-c2ccc(I)cc2Cl)nn(-c2ccccc2)c1C(=O)OC. The summed E-state index contributed by atoms with van der Waals surface area (Å²) in [6, 6.07) is 14.3. The van der Waals surface area contributed by atoms with E-state index in [0.717, 1.165) is 3.57 Å². The number of rotatable bonds is 4. The van der Waals surface area contributed by atoms with E-state index in [4.69, 9.17) is 21.1 Å². The minimum atomic E-state index is -0.709. The number of benzene rings is 2. The van der Waals surface area contributed by atoms with Crippen LogP contribution in [0, 0.1) is 3.57 Å². The molecule has 0 saturated heterocycles. The van der Waals surface area contributed by atoms with Crippen LogP contribution < -0.4 is 0 Å². The molecule has 0 spiro atoms. The molecule has 2 aromatic carbocycles. The molecule has 0 amide bonds. The molecule has 0 aliphatic carbocycles. The minimum Gasteiger partial charge on any atom is -0.465 e. The lowest BCUT2D eigenvalue weighted by Crippen LogP contribution is -2.15. The van der Waals surface area contributed by atoms with Crippen molar-refractivity contribution in [1.29, 1.82) is 0 Å². The summed E-state index contributed by atoms with van der Waals surface area (Å²) in [7, 11) is 2.48. The smallest absolute Gasteiger partial charge is 0.357 e. The Morgan fingerprint density at radius 2 is 1.70 bits per heavy atom. The summed E-state index contributed by atoms with van der Waals surface area (Å²) in [6.45, 7) is 0. The highest BCUT2D eigenvalue weighted by Gasteiger charge is 2.31. The van der Waals surface area contributed by atoms with E-state index in [2.05, 4.69) is 27.7 Å². The fourth-order valence-electron chi connectivity index (χ4n) is 2.62. The van der Waals surface area contributed by atoms with Gasteiger partial charge in [-0.25, -0.2) is 14.3 Å². The number of hydrogen-bond donors (Lipinski definition) is 0. The van der Waals surface area contributed by atoms with Crippen LogP contribution >= 0.6 is 34.2 Å². The molecule has 3 rings (SSSR count). The Kier molecular flexibility index (Phi) is 5.81. The molecule has 0 atom stereocenters. The third-order valence-electron chi connectivity index (χ3n) is 3.84. The third-order valence-corrected chi connectivity index (χ3v) is 4.82. The van der Waals surface area contributed by atoms with Gasteiger partial charge in [0, 0.05) is 9.13 Å². The molecule has 6 nitrogen and oxygen atoms in total. The maximum atomic E-state index is 12.5. The van der Waals surface area contributed by atoms with Gasteiger partial charge in [-0.2, -0.15) is 5.10 Å². The van der Waals surface area contributed by atoms with Gasteiger partial charge in [0.05, 0.1) is 24.9 Å². The van der Waals surface area contributed by atoms with Gasteiger partial charge in [-0.1, -0.05) is 35.9 Å². The van der Waals surface area contributed by atoms with E-state index >= 15 is 0 Å². The maximum absolute atomic E-state index is 12.5. The fraction of sp³-hybridized carbons (Fsp3) is 0.105. The molecular formula is C19H14ClIN2O4. The summed E-state index contributed by atoms with van der Waals surface area (Å²) < 4.78 is 12.1. The summed E-state index contributed by atoms with van der Waals surface area (Å²) in [5.41, 5.74) is 1.32. The molecule has 0 aliphatic rings. The van der Waals surface area contributed by atoms with Crippen LogP contribution in [0.4, 0.5) is 0 Å². The number of nitrogens with zero attached hydrogens (tertiary/aromatic N) is 2. The number of carbonyl (C=O) groups excluding carboxylic acids is 2. The van der Waals surface area contributed by atoms with Gasteiger partial charge in [0.1, 0.15) is 11.3 Å². The molecule has 1 heterocycles. The van der Waals surface area contributed by atoms with Crippen LogP contribution in [0.1, 0.15) is 20.8 Å². The lowest BCUT2D eigenvalue weighted by molar-refractivity contribution is 0.0549. The first-order chi connectivity index (χ1) is 13.0. The van der Waals surface area contributed by atoms with Crippen molar-refractivity contribution in [3.8, 4) is 16.9 Å². The molecule has 0 saturated carbocycles. The molecule has 0 aliphatic heterocycles. The van der Waals surface area contributed by atoms with Crippen LogP contribution in [0.25, 0.3) is 16.9 Å². The number of carbonyl (C=O) groups is 2. The van der Waals surface area contributed by atoms with E-state index in [9.17, 15) is 9.59 Å². The highest BCUT2D eigenvalue weighted by Crippen LogP contribution is 2.34. The normalized spacial score (nSPS) is 10.5. The van der Waals surface area contributed by atoms with Crippen LogP contribution in [0.15, 0.2) is 48.5 Å². The Balaban J connectivity index is 2.38. The number of halogens is 2. The zero-order chi connectivity index (χ0) is 19.6. The quantitative estimate of drug-likeness (QED) is 0.396. The van der Waals surface area contributed by atoms with E-state index in [1.54, 1.807) is 36.4 Å². The van der Waals surface area contributed by atoms with Crippen LogP contribution in [-0.4, -0.2) is 35.9 Å². The summed E-state index contributed by atoms with van der Waals surface area (Å²) in [5.74, 6) is -1.41. The molecule has 138 valence electrons. The number of aromatic nitrogens is 2. The first-order valence-electron chi connectivity index (χ1n) is 7.78. The van der Waals surface area contributed by atoms with Gasteiger partial charge >= 0.3 is 11.9 Å². The standard InChI is InChI=1S/C19H14ClIN2O4/c1-26-18(24)15-16(13-9-8-11(21)10-14(13)20)22-23(17(15)19(25)27-2)12-6-4-3-5-7-12/h3-10H,1-2H3. The van der Waals surface area contributed by atoms with Crippen molar-refractivity contribution in [2.75, 3.05) is 14.2 Å². The highest BCUT2D eigenvalue weighted by molar-refractivity contribution is 14.1. The van der Waals surface area contributed by atoms with Crippen molar-refractivity contribution < 1.29 is 19.1 Å². The highest BCUT2D eigenvalue weighted by atomic mass is 127. The predicted molar refractivity (Wildman–Crippen MR) is 109 cm³/mol. The Labute approximate surface area is 174 Å². The van der Waals surface area contributed by atoms with Crippen LogP contribution in [0.2, 0.25) is 5.02 Å². The molecule has 0 bridgehead atoms. The van der Waals surface area contributed by atoms with Crippen molar-refractivity contribution in [3.63, 3.8) is 0 Å². The van der Waals surface area contributed by atoms with E-state index in [-0.39, 0.29) is 17.0 Å². The van der Waals surface area contributed by atoms with Crippen molar-refractivity contribution in [2.45, 2.75) is 0 Å². The molecule has 8 heteroatoms. The second-order valence-electron chi connectivity index (χ2n) is 5.43. The maximum Gasteiger partial charge on any atom is 0.357 e. The largest absolute Gasteiger partial charge is 0.465 e. The van der Waals surface area contributed by atoms with Crippen LogP contribution in [-0.2, 0) is 9.47 Å². The van der Waals surface area contributed by atoms with E-state index in [1.807, 2.05) is 12.1 Å². The predicted octanol–water partition coefficient (Wildman–Crippen LogP) is 4.37. The molecule has 27 heavy (non-hydrogen) atoms. The molecule has 1 aromatic heterocycles. The molecule has 3 aromatic rings. The van der Waals surface area contributed by atoms with Gasteiger partial charge in [0.15, 0.2) is 5.69 Å². The topological polar surface area (TPSA) is 70.4 Å². The second kappa shape index (κ2) is 8.10. The average molecular weight is 497 g/mol. The van der Waals surface area contributed by atoms with Gasteiger partial charge in [0.2, 0.25) is 0 Å². The first kappa shape index (κ1) is 19.4. The minimum absolute atomic E-state index is 0.00342. The fourth-order valence-corrected chi connectivity index (χ4v) is 3.57. The Morgan fingerprint density at radius 3 is 2.30 bits per heavy atom. The summed E-state index contributed by atoms with van der Waals surface area (Å²) >= 11 is 8.52. The lowest BCUT2D eigenvalue weighted by Gasteiger charge is -2.07. The Morgan fingerprint density at radius 1 is 1.04 bits per heavy atom. The van der Waals surface area contributed by atoms with Crippen molar-refractivity contribution >= 4 is 46.1 Å². The Bertz CT molecular complexity index is 1020. The molecule has 0 N–H and O–H groups in total. The zero-order valence-electron chi connectivity index (χ0n) is 14.4. The van der Waals surface area contributed by atoms with Crippen molar-refractivity contribution in [3.05, 3.63) is 68.4 Å². The van der Waals surface area contributed by atoms with Crippen molar-refractivity contribution in [2.24, 2.45) is 0 Å². The van der Waals surface area contributed by atoms with Gasteiger partial charge in [-0.15, -0.1) is 0 Å². The van der Waals surface area contributed by atoms with E-state index in [0.29, 0.717) is 16.3 Å². The number of esters is 2.